The standard InChI is InChI=1S/C28H26F2N4O/c1-21-4-3-5-23(14-21)9-6-22-7-10-24(11-8-22)16-33(2)17-28(35,18-34-20-31-19-32-34)26-13-12-25(29)15-27(26)30/h3-5,7-8,10-15,19-20,35H,16-18H2,1-2H3. The maximum Gasteiger partial charge on any atom is 0.137 e. The highest BCUT2D eigenvalue weighted by Gasteiger charge is 2.34. The monoisotopic (exact) mass is 472 g/mol. The summed E-state index contributed by atoms with van der Waals surface area (Å²) in [5.74, 6) is 4.84. The molecule has 0 saturated carbocycles. The molecule has 0 saturated heterocycles. The number of likely N-dealkylation sites (N-methyl/N-ethyl adjacent to an activating group) is 1. The van der Waals surface area contributed by atoms with E-state index in [4.69, 9.17) is 0 Å². The van der Waals surface area contributed by atoms with Crippen LogP contribution in [0, 0.1) is 30.4 Å². The van der Waals surface area contributed by atoms with Gasteiger partial charge in [0.15, 0.2) is 0 Å². The average molecular weight is 473 g/mol. The zero-order valence-corrected chi connectivity index (χ0v) is 19.6. The van der Waals surface area contributed by atoms with Crippen LogP contribution in [-0.4, -0.2) is 38.4 Å². The molecule has 1 heterocycles. The van der Waals surface area contributed by atoms with Crippen LogP contribution in [0.5, 0.6) is 0 Å². The van der Waals surface area contributed by atoms with Gasteiger partial charge in [0.2, 0.25) is 0 Å². The number of hydrogen-bond acceptors (Lipinski definition) is 4. The highest BCUT2D eigenvalue weighted by Crippen LogP contribution is 2.28. The lowest BCUT2D eigenvalue weighted by molar-refractivity contribution is -0.0175. The third kappa shape index (κ3) is 6.38. The van der Waals surface area contributed by atoms with Crippen LogP contribution in [0.25, 0.3) is 0 Å². The van der Waals surface area contributed by atoms with Crippen LogP contribution in [0.1, 0.15) is 27.8 Å². The van der Waals surface area contributed by atoms with E-state index >= 15 is 0 Å². The summed E-state index contributed by atoms with van der Waals surface area (Å²) in [4.78, 5) is 5.77. The smallest absolute Gasteiger partial charge is 0.137 e. The molecule has 0 fully saturated rings. The SMILES string of the molecule is Cc1cccc(C#Cc2ccc(CN(C)CC(O)(Cn3cncn3)c3ccc(F)cc3F)cc2)c1. The van der Waals surface area contributed by atoms with E-state index in [0.29, 0.717) is 6.54 Å². The second-order valence-electron chi connectivity index (χ2n) is 8.74. The fraction of sp³-hybridized carbons (Fsp3) is 0.214. The van der Waals surface area contributed by atoms with E-state index < -0.39 is 17.2 Å². The molecule has 1 atom stereocenters. The van der Waals surface area contributed by atoms with E-state index in [1.165, 1.54) is 29.0 Å². The molecule has 0 aliphatic rings. The molecular formula is C28H26F2N4O. The molecule has 4 rings (SSSR count). The Morgan fingerprint density at radius 3 is 2.46 bits per heavy atom. The lowest BCUT2D eigenvalue weighted by Gasteiger charge is -2.33. The fourth-order valence-electron chi connectivity index (χ4n) is 4.04. The number of nitrogens with zero attached hydrogens (tertiary/aromatic N) is 4. The average Bonchev–Trinajstić information content (AvgIpc) is 3.31. The summed E-state index contributed by atoms with van der Waals surface area (Å²) in [6, 6.07) is 19.1. The first kappa shape index (κ1) is 24.3. The van der Waals surface area contributed by atoms with Crippen molar-refractivity contribution in [3.05, 3.63) is 119 Å². The van der Waals surface area contributed by atoms with Crippen molar-refractivity contribution in [3.8, 4) is 11.8 Å². The van der Waals surface area contributed by atoms with Gasteiger partial charge in [0.25, 0.3) is 0 Å². The largest absolute Gasteiger partial charge is 0.382 e. The number of benzene rings is 3. The summed E-state index contributed by atoms with van der Waals surface area (Å²) in [6.07, 6.45) is 2.79. The van der Waals surface area contributed by atoms with E-state index in [9.17, 15) is 13.9 Å². The summed E-state index contributed by atoms with van der Waals surface area (Å²) < 4.78 is 29.6. The van der Waals surface area contributed by atoms with E-state index in [2.05, 4.69) is 21.9 Å². The van der Waals surface area contributed by atoms with Gasteiger partial charge in [-0.3, -0.25) is 4.90 Å². The van der Waals surface area contributed by atoms with Crippen molar-refractivity contribution in [2.75, 3.05) is 13.6 Å². The Hall–Kier alpha value is -3.86. The minimum Gasteiger partial charge on any atom is -0.382 e. The van der Waals surface area contributed by atoms with Crippen molar-refractivity contribution in [2.45, 2.75) is 25.6 Å². The van der Waals surface area contributed by atoms with Crippen molar-refractivity contribution in [1.82, 2.24) is 19.7 Å². The van der Waals surface area contributed by atoms with E-state index in [1.54, 1.807) is 0 Å². The minimum atomic E-state index is -1.65. The molecule has 1 aromatic heterocycles. The Morgan fingerprint density at radius 1 is 1.00 bits per heavy atom. The highest BCUT2D eigenvalue weighted by molar-refractivity contribution is 5.44. The topological polar surface area (TPSA) is 54.2 Å². The van der Waals surface area contributed by atoms with Crippen molar-refractivity contribution in [1.29, 1.82) is 0 Å². The van der Waals surface area contributed by atoms with Crippen molar-refractivity contribution >= 4 is 0 Å². The summed E-state index contributed by atoms with van der Waals surface area (Å²) in [5.41, 5.74) is 2.39. The van der Waals surface area contributed by atoms with Gasteiger partial charge in [-0.1, -0.05) is 42.2 Å². The van der Waals surface area contributed by atoms with E-state index in [0.717, 1.165) is 28.8 Å². The first-order valence-electron chi connectivity index (χ1n) is 11.2. The zero-order chi connectivity index (χ0) is 24.8. The Kier molecular flexibility index (Phi) is 7.35. The number of hydrogen-bond donors (Lipinski definition) is 1. The number of aliphatic hydroxyl groups is 1. The number of aromatic nitrogens is 3. The second kappa shape index (κ2) is 10.6. The fourth-order valence-corrected chi connectivity index (χ4v) is 4.04. The summed E-state index contributed by atoms with van der Waals surface area (Å²) in [7, 11) is 1.83. The van der Waals surface area contributed by atoms with Crippen LogP contribution in [-0.2, 0) is 18.7 Å². The molecule has 178 valence electrons. The quantitative estimate of drug-likeness (QED) is 0.408. The van der Waals surface area contributed by atoms with Gasteiger partial charge in [-0.05, 0) is 55.4 Å². The van der Waals surface area contributed by atoms with Crippen LogP contribution in [0.15, 0.2) is 79.4 Å². The Bertz CT molecular complexity index is 1340. The second-order valence-corrected chi connectivity index (χ2v) is 8.74. The summed E-state index contributed by atoms with van der Waals surface area (Å²) >= 11 is 0. The Balaban J connectivity index is 1.48. The molecular weight excluding hydrogens is 446 g/mol. The predicted molar refractivity (Wildman–Crippen MR) is 130 cm³/mol. The van der Waals surface area contributed by atoms with Gasteiger partial charge in [0.05, 0.1) is 6.54 Å². The van der Waals surface area contributed by atoms with Crippen molar-refractivity contribution in [3.63, 3.8) is 0 Å². The third-order valence-corrected chi connectivity index (χ3v) is 5.63. The minimum absolute atomic E-state index is 0.00280. The predicted octanol–water partition coefficient (Wildman–Crippen LogP) is 4.28. The van der Waals surface area contributed by atoms with Crippen molar-refractivity contribution in [2.24, 2.45) is 0 Å². The normalized spacial score (nSPS) is 12.7. The van der Waals surface area contributed by atoms with Crippen LogP contribution in [0.3, 0.4) is 0 Å². The molecule has 0 spiro atoms. The van der Waals surface area contributed by atoms with E-state index in [-0.39, 0.29) is 18.7 Å². The molecule has 0 bridgehead atoms. The van der Waals surface area contributed by atoms with Gasteiger partial charge in [-0.2, -0.15) is 5.10 Å². The van der Waals surface area contributed by atoms with E-state index in [1.807, 2.05) is 67.4 Å². The molecule has 0 amide bonds. The number of halogens is 2. The number of rotatable bonds is 7. The maximum absolute atomic E-state index is 14.6. The lowest BCUT2D eigenvalue weighted by Crippen LogP contribution is -2.43. The molecule has 3 aromatic carbocycles. The van der Waals surface area contributed by atoms with Crippen LogP contribution < -0.4 is 0 Å². The zero-order valence-electron chi connectivity index (χ0n) is 19.6. The van der Waals surface area contributed by atoms with Gasteiger partial charge in [0, 0.05) is 35.8 Å². The third-order valence-electron chi connectivity index (χ3n) is 5.63. The summed E-state index contributed by atoms with van der Waals surface area (Å²) in [5, 5.41) is 15.5. The molecule has 4 aromatic rings. The molecule has 1 unspecified atom stereocenters. The first-order valence-corrected chi connectivity index (χ1v) is 11.2. The molecule has 0 radical (unpaired) electrons. The Morgan fingerprint density at radius 2 is 1.77 bits per heavy atom. The molecule has 5 nitrogen and oxygen atoms in total. The van der Waals surface area contributed by atoms with Gasteiger partial charge < -0.3 is 5.11 Å². The maximum atomic E-state index is 14.6. The highest BCUT2D eigenvalue weighted by atomic mass is 19.1. The van der Waals surface area contributed by atoms with Gasteiger partial charge in [-0.25, -0.2) is 18.4 Å². The molecule has 1 N–H and O–H groups in total. The van der Waals surface area contributed by atoms with Crippen LogP contribution >= 0.6 is 0 Å². The lowest BCUT2D eigenvalue weighted by atomic mass is 9.92. The molecule has 0 aliphatic heterocycles. The van der Waals surface area contributed by atoms with Gasteiger partial charge in [-0.15, -0.1) is 0 Å². The van der Waals surface area contributed by atoms with Crippen LogP contribution in [0.2, 0.25) is 0 Å². The molecule has 7 heteroatoms. The van der Waals surface area contributed by atoms with Gasteiger partial charge in [0.1, 0.15) is 29.9 Å². The van der Waals surface area contributed by atoms with Crippen molar-refractivity contribution < 1.29 is 13.9 Å². The first-order chi connectivity index (χ1) is 16.8. The van der Waals surface area contributed by atoms with Gasteiger partial charge >= 0.3 is 0 Å². The Labute approximate surface area is 203 Å². The summed E-state index contributed by atoms with van der Waals surface area (Å²) in [6.45, 7) is 2.60. The number of aryl methyl sites for hydroxylation is 1. The molecule has 0 aliphatic carbocycles. The molecule has 35 heavy (non-hydrogen) atoms. The van der Waals surface area contributed by atoms with Crippen LogP contribution in [0.4, 0.5) is 8.78 Å².